The van der Waals surface area contributed by atoms with Gasteiger partial charge in [0.1, 0.15) is 0 Å². The third kappa shape index (κ3) is 2.94. The minimum atomic E-state index is -0.610. The second-order valence-corrected chi connectivity index (χ2v) is 6.02. The highest BCUT2D eigenvalue weighted by Gasteiger charge is 2.04. The van der Waals surface area contributed by atoms with Crippen molar-refractivity contribution in [3.63, 3.8) is 0 Å². The monoisotopic (exact) mass is 310 g/mol. The summed E-state index contributed by atoms with van der Waals surface area (Å²) in [5.74, 6) is 0. The van der Waals surface area contributed by atoms with E-state index in [9.17, 15) is 5.11 Å². The van der Waals surface area contributed by atoms with Gasteiger partial charge in [0.25, 0.3) is 0 Å². The van der Waals surface area contributed by atoms with E-state index in [1.54, 1.807) is 0 Å². The van der Waals surface area contributed by atoms with E-state index < -0.39 is 6.10 Å². The second-order valence-electron chi connectivity index (χ2n) is 6.02. The van der Waals surface area contributed by atoms with Crippen LogP contribution in [0, 0.1) is 0 Å². The predicted molar refractivity (Wildman–Crippen MR) is 102 cm³/mol. The Morgan fingerprint density at radius 2 is 1.21 bits per heavy atom. The Morgan fingerprint density at radius 3 is 1.92 bits per heavy atom. The normalized spacial score (nSPS) is 12.9. The van der Waals surface area contributed by atoms with Crippen LogP contribution in [0.25, 0.3) is 27.6 Å². The van der Waals surface area contributed by atoms with E-state index in [0.717, 1.165) is 16.5 Å². The van der Waals surface area contributed by atoms with Crippen molar-refractivity contribution in [2.24, 2.45) is 0 Å². The number of fused-ring (bicyclic) bond motifs is 2. The van der Waals surface area contributed by atoms with Gasteiger partial charge in [-0.1, -0.05) is 84.9 Å². The molecule has 0 saturated carbocycles. The van der Waals surface area contributed by atoms with Crippen molar-refractivity contribution < 1.29 is 5.11 Å². The highest BCUT2D eigenvalue weighted by molar-refractivity contribution is 5.85. The average molecular weight is 310 g/mol. The van der Waals surface area contributed by atoms with Gasteiger partial charge in [0.15, 0.2) is 0 Å². The van der Waals surface area contributed by atoms with E-state index >= 15 is 0 Å². The van der Waals surface area contributed by atoms with Crippen LogP contribution in [0.2, 0.25) is 0 Å². The molecule has 1 heteroatoms. The fraction of sp³-hybridized carbons (Fsp3) is 0.0435. The first kappa shape index (κ1) is 14.7. The van der Waals surface area contributed by atoms with Crippen molar-refractivity contribution in [1.82, 2.24) is 0 Å². The van der Waals surface area contributed by atoms with E-state index in [-0.39, 0.29) is 0 Å². The van der Waals surface area contributed by atoms with Gasteiger partial charge in [-0.2, -0.15) is 0 Å². The highest BCUT2D eigenvalue weighted by atomic mass is 16.3. The summed E-state index contributed by atoms with van der Waals surface area (Å²) in [6, 6.07) is 28.9. The second kappa shape index (κ2) is 6.31. The zero-order valence-electron chi connectivity index (χ0n) is 13.3. The largest absolute Gasteiger partial charge is 0.384 e. The third-order valence-electron chi connectivity index (χ3n) is 4.36. The van der Waals surface area contributed by atoms with Crippen LogP contribution in [0.15, 0.2) is 91.0 Å². The molecular weight excluding hydrogens is 292 g/mol. The Bertz CT molecular complexity index is 1030. The molecule has 0 saturated heterocycles. The first-order valence-corrected chi connectivity index (χ1v) is 8.13. The maximum Gasteiger partial charge on any atom is 0.0975 e. The number of aliphatic hydroxyl groups is 1. The van der Waals surface area contributed by atoms with Gasteiger partial charge in [0.2, 0.25) is 0 Å². The summed E-state index contributed by atoms with van der Waals surface area (Å²) in [5.41, 5.74) is 2.00. The number of benzene rings is 4. The Hall–Kier alpha value is -2.90. The molecule has 4 rings (SSSR count). The molecule has 1 N–H and O–H groups in total. The quantitative estimate of drug-likeness (QED) is 0.511. The smallest absolute Gasteiger partial charge is 0.0975 e. The Morgan fingerprint density at radius 1 is 0.625 bits per heavy atom. The minimum absolute atomic E-state index is 0.610. The molecule has 0 amide bonds. The molecule has 0 fully saturated rings. The van der Waals surface area contributed by atoms with Crippen LogP contribution in [0.1, 0.15) is 17.2 Å². The number of aliphatic hydroxyl groups excluding tert-OH is 1. The van der Waals surface area contributed by atoms with E-state index in [1.165, 1.54) is 16.2 Å². The van der Waals surface area contributed by atoms with Crippen molar-refractivity contribution in [1.29, 1.82) is 0 Å². The lowest BCUT2D eigenvalue weighted by Gasteiger charge is -2.08. The van der Waals surface area contributed by atoms with Crippen LogP contribution in [0.4, 0.5) is 0 Å². The van der Waals surface area contributed by atoms with Crippen molar-refractivity contribution in [3.05, 3.63) is 102 Å². The molecule has 0 radical (unpaired) electrons. The van der Waals surface area contributed by atoms with E-state index in [2.05, 4.69) is 48.5 Å². The lowest BCUT2D eigenvalue weighted by Crippen LogP contribution is -1.92. The maximum absolute atomic E-state index is 10.5. The zero-order chi connectivity index (χ0) is 16.4. The number of hydrogen-bond donors (Lipinski definition) is 1. The Kier molecular flexibility index (Phi) is 3.86. The van der Waals surface area contributed by atoms with E-state index in [0.29, 0.717) is 0 Å². The lowest BCUT2D eigenvalue weighted by molar-refractivity contribution is 0.229. The van der Waals surface area contributed by atoms with Crippen LogP contribution >= 0.6 is 0 Å². The van der Waals surface area contributed by atoms with Gasteiger partial charge in [0, 0.05) is 0 Å². The summed E-state index contributed by atoms with van der Waals surface area (Å²) in [6.45, 7) is 0. The van der Waals surface area contributed by atoms with E-state index in [1.807, 2.05) is 48.6 Å². The fourth-order valence-corrected chi connectivity index (χ4v) is 3.02. The molecular formula is C23H18O. The van der Waals surface area contributed by atoms with Crippen LogP contribution in [-0.2, 0) is 0 Å². The molecule has 0 aliphatic carbocycles. The fourth-order valence-electron chi connectivity index (χ4n) is 3.02. The van der Waals surface area contributed by atoms with Crippen molar-refractivity contribution in [2.45, 2.75) is 6.10 Å². The molecule has 1 atom stereocenters. The molecule has 0 heterocycles. The van der Waals surface area contributed by atoms with Crippen molar-refractivity contribution in [2.75, 3.05) is 0 Å². The summed E-state index contributed by atoms with van der Waals surface area (Å²) in [6.07, 6.45) is 3.21. The maximum atomic E-state index is 10.5. The number of rotatable bonds is 3. The molecule has 4 aromatic carbocycles. The average Bonchev–Trinajstić information content (AvgIpc) is 2.65. The van der Waals surface area contributed by atoms with E-state index in [4.69, 9.17) is 0 Å². The van der Waals surface area contributed by atoms with Crippen LogP contribution in [-0.4, -0.2) is 5.11 Å². The van der Waals surface area contributed by atoms with Gasteiger partial charge in [0.05, 0.1) is 6.10 Å². The molecule has 0 spiro atoms. The molecule has 1 nitrogen and oxygen atoms in total. The minimum Gasteiger partial charge on any atom is -0.384 e. The molecule has 0 aromatic heterocycles. The van der Waals surface area contributed by atoms with Gasteiger partial charge in [-0.05, 0) is 44.8 Å². The molecule has 4 aromatic rings. The first-order valence-electron chi connectivity index (χ1n) is 8.13. The molecule has 0 aliphatic rings. The summed E-state index contributed by atoms with van der Waals surface area (Å²) in [5, 5.41) is 15.2. The van der Waals surface area contributed by atoms with Gasteiger partial charge >= 0.3 is 0 Å². The van der Waals surface area contributed by atoms with Crippen molar-refractivity contribution in [3.8, 4) is 0 Å². The van der Waals surface area contributed by atoms with Crippen LogP contribution in [0.3, 0.4) is 0 Å². The molecule has 24 heavy (non-hydrogen) atoms. The summed E-state index contributed by atoms with van der Waals surface area (Å²) >= 11 is 0. The third-order valence-corrected chi connectivity index (χ3v) is 4.36. The van der Waals surface area contributed by atoms with Gasteiger partial charge < -0.3 is 5.11 Å². The molecule has 0 aliphatic heterocycles. The highest BCUT2D eigenvalue weighted by Crippen LogP contribution is 2.22. The zero-order valence-corrected chi connectivity index (χ0v) is 13.3. The Balaban J connectivity index is 1.60. The molecule has 116 valence electrons. The van der Waals surface area contributed by atoms with Gasteiger partial charge in [-0.15, -0.1) is 0 Å². The SMILES string of the molecule is OC(/C=C/c1ccc2ccccc2c1)c1ccc2ccccc2c1. The standard InChI is InChI=1S/C23H18O/c24-23(22-13-12-19-6-2-4-8-21(19)16-22)14-10-17-9-11-18-5-1-3-7-20(18)15-17/h1-16,23-24H/b14-10+. The topological polar surface area (TPSA) is 20.2 Å². The predicted octanol–water partition coefficient (Wildman–Crippen LogP) is 5.74. The lowest BCUT2D eigenvalue weighted by atomic mass is 10.0. The van der Waals surface area contributed by atoms with Crippen LogP contribution < -0.4 is 0 Å². The number of hydrogen-bond acceptors (Lipinski definition) is 1. The Labute approximate surface area is 141 Å². The first-order chi connectivity index (χ1) is 11.8. The van der Waals surface area contributed by atoms with Crippen LogP contribution in [0.5, 0.6) is 0 Å². The molecule has 1 unspecified atom stereocenters. The van der Waals surface area contributed by atoms with Gasteiger partial charge in [-0.3, -0.25) is 0 Å². The van der Waals surface area contributed by atoms with Crippen molar-refractivity contribution >= 4 is 27.6 Å². The summed E-state index contributed by atoms with van der Waals surface area (Å²) in [7, 11) is 0. The summed E-state index contributed by atoms with van der Waals surface area (Å²) < 4.78 is 0. The summed E-state index contributed by atoms with van der Waals surface area (Å²) in [4.78, 5) is 0. The molecule has 0 bridgehead atoms. The van der Waals surface area contributed by atoms with Gasteiger partial charge in [-0.25, -0.2) is 0 Å².